The highest BCUT2D eigenvalue weighted by molar-refractivity contribution is 5.81. The van der Waals surface area contributed by atoms with Crippen molar-refractivity contribution in [1.82, 2.24) is 14.9 Å². The van der Waals surface area contributed by atoms with Crippen LogP contribution in [0.25, 0.3) is 10.9 Å². The summed E-state index contributed by atoms with van der Waals surface area (Å²) >= 11 is 0. The van der Waals surface area contributed by atoms with Crippen LogP contribution in [-0.2, 0) is 11.8 Å². The van der Waals surface area contributed by atoms with Crippen molar-refractivity contribution in [3.05, 3.63) is 59.2 Å². The lowest BCUT2D eigenvalue weighted by atomic mass is 9.79. The van der Waals surface area contributed by atoms with E-state index >= 15 is 0 Å². The van der Waals surface area contributed by atoms with Crippen LogP contribution in [0.2, 0.25) is 0 Å². The van der Waals surface area contributed by atoms with Gasteiger partial charge >= 0.3 is 6.18 Å². The molecule has 4 rings (SSSR count). The average Bonchev–Trinajstić information content (AvgIpc) is 2.79. The van der Waals surface area contributed by atoms with Crippen molar-refractivity contribution in [2.45, 2.75) is 31.5 Å². The molecule has 0 amide bonds. The van der Waals surface area contributed by atoms with Gasteiger partial charge in [-0.3, -0.25) is 0 Å². The summed E-state index contributed by atoms with van der Waals surface area (Å²) in [6.07, 6.45) is -1.70. The Morgan fingerprint density at radius 1 is 1.18 bits per heavy atom. The summed E-state index contributed by atoms with van der Waals surface area (Å²) in [4.78, 5) is 10.9. The molecule has 34 heavy (non-hydrogen) atoms. The summed E-state index contributed by atoms with van der Waals surface area (Å²) in [5, 5.41) is 23.4. The van der Waals surface area contributed by atoms with Gasteiger partial charge in [-0.15, -0.1) is 0 Å². The third kappa shape index (κ3) is 4.67. The summed E-state index contributed by atoms with van der Waals surface area (Å²) in [5.41, 5.74) is -2.73. The molecule has 0 unspecified atom stereocenters. The summed E-state index contributed by atoms with van der Waals surface area (Å²) < 4.78 is 54.2. The summed E-state index contributed by atoms with van der Waals surface area (Å²) in [5.74, 6) is -0.909. The fourth-order valence-electron chi connectivity index (χ4n) is 4.28. The van der Waals surface area contributed by atoms with E-state index in [2.05, 4.69) is 20.2 Å². The largest absolute Gasteiger partial charge is 0.417 e. The van der Waals surface area contributed by atoms with Crippen LogP contribution in [0.5, 0.6) is 0 Å². The lowest BCUT2D eigenvalue weighted by Gasteiger charge is -2.38. The number of aliphatic hydroxyl groups is 1. The van der Waals surface area contributed by atoms with Gasteiger partial charge in [0.15, 0.2) is 0 Å². The molecule has 1 aliphatic heterocycles. The van der Waals surface area contributed by atoms with Gasteiger partial charge in [-0.25, -0.2) is 14.4 Å². The van der Waals surface area contributed by atoms with E-state index in [0.717, 1.165) is 25.9 Å². The number of aromatic nitrogens is 2. The number of nitrogens with one attached hydrogen (secondary N) is 1. The van der Waals surface area contributed by atoms with Gasteiger partial charge in [0.05, 0.1) is 34.1 Å². The van der Waals surface area contributed by atoms with Crippen LogP contribution in [-0.4, -0.2) is 40.1 Å². The van der Waals surface area contributed by atoms with Gasteiger partial charge in [-0.2, -0.15) is 18.4 Å². The van der Waals surface area contributed by atoms with E-state index in [0.29, 0.717) is 28.7 Å². The number of likely N-dealkylation sites (tertiary alicyclic amines) is 1. The first-order chi connectivity index (χ1) is 16.0. The maximum Gasteiger partial charge on any atom is 0.417 e. The third-order valence-corrected chi connectivity index (χ3v) is 6.40. The maximum atomic E-state index is 14.4. The Morgan fingerprint density at radius 3 is 2.53 bits per heavy atom. The van der Waals surface area contributed by atoms with Crippen LogP contribution in [0.4, 0.5) is 29.1 Å². The molecule has 0 spiro atoms. The number of alkyl halides is 3. The van der Waals surface area contributed by atoms with Gasteiger partial charge in [-0.1, -0.05) is 0 Å². The standard InChI is InChI=1S/C24H23F4N5O/c1-23(34,16-5-7-33(2)8-6-16)21-4-3-14-13-30-22(11-19(14)31-21)32-20-10-17(24(26,27)28)15(12-29)9-18(20)25/h3-4,9-11,13,16,34H,5-8H2,1-2H3,(H,30,32)/t23-/m1/s1. The van der Waals surface area contributed by atoms with Gasteiger partial charge in [-0.05, 0) is 70.1 Å². The molecule has 0 saturated carbocycles. The minimum Gasteiger partial charge on any atom is -0.384 e. The summed E-state index contributed by atoms with van der Waals surface area (Å²) in [6.45, 7) is 3.49. The molecular formula is C24H23F4N5O. The fraction of sp³-hybridized carbons (Fsp3) is 0.375. The Balaban J connectivity index is 1.66. The number of anilines is 2. The monoisotopic (exact) mass is 473 g/mol. The first kappa shape index (κ1) is 23.9. The van der Waals surface area contributed by atoms with Crippen LogP contribution >= 0.6 is 0 Å². The van der Waals surface area contributed by atoms with Crippen molar-refractivity contribution in [3.63, 3.8) is 0 Å². The van der Waals surface area contributed by atoms with E-state index in [1.807, 2.05) is 7.05 Å². The van der Waals surface area contributed by atoms with Crippen LogP contribution in [0, 0.1) is 23.1 Å². The van der Waals surface area contributed by atoms with Gasteiger partial charge in [0.25, 0.3) is 0 Å². The van der Waals surface area contributed by atoms with Crippen molar-refractivity contribution in [2.24, 2.45) is 5.92 Å². The van der Waals surface area contributed by atoms with Gasteiger partial charge in [0.1, 0.15) is 17.2 Å². The van der Waals surface area contributed by atoms with Gasteiger partial charge in [0.2, 0.25) is 0 Å². The van der Waals surface area contributed by atoms with E-state index in [1.165, 1.54) is 18.3 Å². The number of hydrogen-bond acceptors (Lipinski definition) is 6. The highest BCUT2D eigenvalue weighted by Crippen LogP contribution is 2.37. The predicted octanol–water partition coefficient (Wildman–Crippen LogP) is 4.95. The van der Waals surface area contributed by atoms with Crippen molar-refractivity contribution >= 4 is 22.4 Å². The summed E-state index contributed by atoms with van der Waals surface area (Å²) in [7, 11) is 2.04. The lowest BCUT2D eigenvalue weighted by Crippen LogP contribution is -2.41. The van der Waals surface area contributed by atoms with Crippen molar-refractivity contribution in [1.29, 1.82) is 5.26 Å². The molecule has 10 heteroatoms. The minimum atomic E-state index is -4.82. The zero-order valence-electron chi connectivity index (χ0n) is 18.6. The Bertz CT molecular complexity index is 1260. The minimum absolute atomic E-state index is 0.0293. The highest BCUT2D eigenvalue weighted by Gasteiger charge is 2.37. The van der Waals surface area contributed by atoms with Crippen molar-refractivity contribution in [2.75, 3.05) is 25.5 Å². The second-order valence-electron chi connectivity index (χ2n) is 8.80. The van der Waals surface area contributed by atoms with Crippen LogP contribution in [0.3, 0.4) is 0 Å². The zero-order chi connectivity index (χ0) is 24.7. The predicted molar refractivity (Wildman–Crippen MR) is 119 cm³/mol. The smallest absolute Gasteiger partial charge is 0.384 e. The molecule has 1 atom stereocenters. The van der Waals surface area contributed by atoms with Crippen LogP contribution in [0.1, 0.15) is 36.6 Å². The topological polar surface area (TPSA) is 85.1 Å². The second-order valence-corrected chi connectivity index (χ2v) is 8.80. The second kappa shape index (κ2) is 8.81. The van der Waals surface area contributed by atoms with Gasteiger partial charge < -0.3 is 15.3 Å². The molecular weight excluding hydrogens is 450 g/mol. The SMILES string of the molecule is CN1CCC([C@@](C)(O)c2ccc3cnc(Nc4cc(C(F)(F)F)c(C#N)cc4F)cc3n2)CC1. The lowest BCUT2D eigenvalue weighted by molar-refractivity contribution is -0.137. The first-order valence-corrected chi connectivity index (χ1v) is 10.7. The fourth-order valence-corrected chi connectivity index (χ4v) is 4.28. The maximum absolute atomic E-state index is 14.4. The Kier molecular flexibility index (Phi) is 6.18. The number of nitrogens with zero attached hydrogens (tertiary/aromatic N) is 4. The summed E-state index contributed by atoms with van der Waals surface area (Å²) in [6, 6.07) is 7.45. The molecule has 1 aromatic carbocycles. The van der Waals surface area contributed by atoms with Crippen molar-refractivity contribution in [3.8, 4) is 6.07 Å². The number of piperidine rings is 1. The number of halogens is 4. The highest BCUT2D eigenvalue weighted by atomic mass is 19.4. The molecule has 2 aromatic heterocycles. The van der Waals surface area contributed by atoms with E-state index in [9.17, 15) is 22.7 Å². The molecule has 3 heterocycles. The molecule has 0 aliphatic carbocycles. The number of hydrogen-bond donors (Lipinski definition) is 2. The molecule has 0 bridgehead atoms. The van der Waals surface area contributed by atoms with E-state index in [1.54, 1.807) is 19.1 Å². The normalized spacial score (nSPS) is 17.4. The zero-order valence-corrected chi connectivity index (χ0v) is 18.6. The van der Waals surface area contributed by atoms with Crippen LogP contribution in [0.15, 0.2) is 36.5 Å². The molecule has 178 valence electrons. The Labute approximate surface area is 193 Å². The number of fused-ring (bicyclic) bond motifs is 1. The number of nitriles is 1. The Morgan fingerprint density at radius 2 is 1.88 bits per heavy atom. The number of rotatable bonds is 4. The number of pyridine rings is 2. The molecule has 6 nitrogen and oxygen atoms in total. The van der Waals surface area contributed by atoms with Gasteiger partial charge in [0, 0.05) is 17.6 Å². The first-order valence-electron chi connectivity index (χ1n) is 10.7. The van der Waals surface area contributed by atoms with E-state index in [-0.39, 0.29) is 11.7 Å². The van der Waals surface area contributed by atoms with E-state index in [4.69, 9.17) is 5.26 Å². The molecule has 2 N–H and O–H groups in total. The third-order valence-electron chi connectivity index (χ3n) is 6.40. The molecule has 1 aliphatic rings. The molecule has 0 radical (unpaired) electrons. The Hall–Kier alpha value is -3.29. The average molecular weight is 473 g/mol. The van der Waals surface area contributed by atoms with Crippen LogP contribution < -0.4 is 5.32 Å². The van der Waals surface area contributed by atoms with Crippen molar-refractivity contribution < 1.29 is 22.7 Å². The van der Waals surface area contributed by atoms with E-state index < -0.39 is 34.4 Å². The molecule has 1 saturated heterocycles. The molecule has 3 aromatic rings. The molecule has 1 fully saturated rings. The number of benzene rings is 1. The quantitative estimate of drug-likeness (QED) is 0.522.